The topological polar surface area (TPSA) is 36.9 Å². The Kier molecular flexibility index (Phi) is 3.49. The lowest BCUT2D eigenvalue weighted by Crippen LogP contribution is -2.41. The molecule has 0 bridgehead atoms. The third-order valence-electron chi connectivity index (χ3n) is 4.63. The number of rotatable bonds is 2. The molecule has 3 rings (SSSR count). The van der Waals surface area contributed by atoms with Crippen molar-refractivity contribution in [2.45, 2.75) is 38.9 Å². The monoisotopic (exact) mass is 306 g/mol. The van der Waals surface area contributed by atoms with E-state index in [1.54, 1.807) is 25.3 Å². The molecule has 2 aliphatic heterocycles. The Labute approximate surface area is 130 Å². The molecule has 1 saturated heterocycles. The van der Waals surface area contributed by atoms with E-state index in [-0.39, 0.29) is 6.61 Å². The number of hydrogen-bond donors (Lipinski definition) is 0. The molecule has 0 atom stereocenters. The van der Waals surface area contributed by atoms with Crippen molar-refractivity contribution in [2.24, 2.45) is 0 Å². The van der Waals surface area contributed by atoms with E-state index in [1.165, 1.54) is 0 Å². The van der Waals surface area contributed by atoms with Crippen molar-refractivity contribution in [3.05, 3.63) is 29.5 Å². The third kappa shape index (κ3) is 2.30. The Bertz CT molecular complexity index is 623. The molecule has 6 heteroatoms. The van der Waals surface area contributed by atoms with Crippen LogP contribution in [0, 0.1) is 0 Å². The number of methoxy groups -OCH3 is 1. The lowest BCUT2D eigenvalue weighted by molar-refractivity contribution is 0.00578. The summed E-state index contributed by atoms with van der Waals surface area (Å²) in [5, 5.41) is 0. The van der Waals surface area contributed by atoms with Gasteiger partial charge in [-0.25, -0.2) is 4.39 Å². The van der Waals surface area contributed by atoms with E-state index in [4.69, 9.17) is 18.8 Å². The molecule has 0 unspecified atom stereocenters. The Hall–Kier alpha value is -1.53. The van der Waals surface area contributed by atoms with E-state index >= 15 is 0 Å². The standard InChI is InChI=1S/C16H20BFO4/c1-15(2)16(3,4)22-17(21-15)14(18)12-9-20-13-8-10(19-5)6-7-11(12)13/h6-8H,9H2,1-5H3. The summed E-state index contributed by atoms with van der Waals surface area (Å²) < 4.78 is 37.1. The normalized spacial score (nSPS) is 24.0. The van der Waals surface area contributed by atoms with Gasteiger partial charge < -0.3 is 18.8 Å². The Morgan fingerprint density at radius 1 is 1.18 bits per heavy atom. The van der Waals surface area contributed by atoms with E-state index in [0.29, 0.717) is 22.6 Å². The van der Waals surface area contributed by atoms with E-state index in [9.17, 15) is 4.39 Å². The van der Waals surface area contributed by atoms with Gasteiger partial charge in [0.25, 0.3) is 0 Å². The van der Waals surface area contributed by atoms with Gasteiger partial charge in [0.05, 0.1) is 18.3 Å². The molecule has 0 aliphatic carbocycles. The number of halogens is 1. The summed E-state index contributed by atoms with van der Waals surface area (Å²) in [5.41, 5.74) is -0.387. The van der Waals surface area contributed by atoms with Gasteiger partial charge in [-0.05, 0) is 39.8 Å². The maximum Gasteiger partial charge on any atom is 0.525 e. The van der Waals surface area contributed by atoms with Gasteiger partial charge in [-0.15, -0.1) is 0 Å². The second-order valence-corrected chi connectivity index (χ2v) is 6.57. The molecule has 118 valence electrons. The fourth-order valence-corrected chi connectivity index (χ4v) is 2.51. The van der Waals surface area contributed by atoms with Crippen LogP contribution in [-0.2, 0) is 9.31 Å². The minimum Gasteiger partial charge on any atom is -0.497 e. The van der Waals surface area contributed by atoms with Gasteiger partial charge in [0, 0.05) is 17.2 Å². The predicted molar refractivity (Wildman–Crippen MR) is 82.6 cm³/mol. The first-order valence-corrected chi connectivity index (χ1v) is 7.30. The van der Waals surface area contributed by atoms with Crippen LogP contribution in [-0.4, -0.2) is 32.0 Å². The molecule has 1 aromatic rings. The second kappa shape index (κ2) is 5.00. The number of ether oxygens (including phenoxy) is 2. The minimum absolute atomic E-state index is 0.165. The Morgan fingerprint density at radius 2 is 1.82 bits per heavy atom. The largest absolute Gasteiger partial charge is 0.525 e. The van der Waals surface area contributed by atoms with Crippen LogP contribution in [0.15, 0.2) is 23.9 Å². The van der Waals surface area contributed by atoms with Gasteiger partial charge in [0.15, 0.2) is 0 Å². The quantitative estimate of drug-likeness (QED) is 0.785. The van der Waals surface area contributed by atoms with E-state index < -0.39 is 24.0 Å². The molecule has 4 nitrogen and oxygen atoms in total. The fourth-order valence-electron chi connectivity index (χ4n) is 2.51. The Balaban J connectivity index is 1.94. The fraction of sp³-hybridized carbons (Fsp3) is 0.500. The summed E-state index contributed by atoms with van der Waals surface area (Å²) in [7, 11) is 0.579. The van der Waals surface area contributed by atoms with Crippen LogP contribution >= 0.6 is 0 Å². The second-order valence-electron chi connectivity index (χ2n) is 6.57. The molecule has 22 heavy (non-hydrogen) atoms. The van der Waals surface area contributed by atoms with Gasteiger partial charge in [0.2, 0.25) is 0 Å². The average Bonchev–Trinajstić information content (AvgIpc) is 2.96. The van der Waals surface area contributed by atoms with E-state index in [1.807, 2.05) is 27.7 Å². The molecule has 1 aromatic carbocycles. The maximum absolute atomic E-state index is 14.9. The first kappa shape index (κ1) is 15.4. The highest BCUT2D eigenvalue weighted by Crippen LogP contribution is 2.43. The summed E-state index contributed by atoms with van der Waals surface area (Å²) in [6, 6.07) is 5.33. The van der Waals surface area contributed by atoms with E-state index in [2.05, 4.69) is 0 Å². The van der Waals surface area contributed by atoms with Gasteiger partial charge in [-0.2, -0.15) is 0 Å². The maximum atomic E-state index is 14.9. The molecular formula is C16H20BFO4. The van der Waals surface area contributed by atoms with Crippen LogP contribution in [0.1, 0.15) is 33.3 Å². The molecule has 0 amide bonds. The van der Waals surface area contributed by atoms with Crippen LogP contribution in [0.3, 0.4) is 0 Å². The van der Waals surface area contributed by atoms with Crippen LogP contribution in [0.2, 0.25) is 0 Å². The van der Waals surface area contributed by atoms with Gasteiger partial charge in [-0.3, -0.25) is 0 Å². The minimum atomic E-state index is -1.00. The zero-order valence-corrected chi connectivity index (χ0v) is 13.5. The summed E-state index contributed by atoms with van der Waals surface area (Å²) in [6.07, 6.45) is 0. The summed E-state index contributed by atoms with van der Waals surface area (Å²) >= 11 is 0. The first-order valence-electron chi connectivity index (χ1n) is 7.30. The van der Waals surface area contributed by atoms with Crippen LogP contribution in [0.5, 0.6) is 11.5 Å². The molecule has 0 N–H and O–H groups in total. The van der Waals surface area contributed by atoms with Crippen molar-refractivity contribution in [1.29, 1.82) is 0 Å². The highest BCUT2D eigenvalue weighted by atomic mass is 19.1. The molecule has 0 radical (unpaired) electrons. The molecule has 0 saturated carbocycles. The molecular weight excluding hydrogens is 286 g/mol. The van der Waals surface area contributed by atoms with Crippen LogP contribution in [0.25, 0.3) is 5.57 Å². The van der Waals surface area contributed by atoms with Gasteiger partial charge in [0.1, 0.15) is 23.8 Å². The van der Waals surface area contributed by atoms with Crippen molar-refractivity contribution in [3.63, 3.8) is 0 Å². The predicted octanol–water partition coefficient (Wildman–Crippen LogP) is 3.40. The SMILES string of the molecule is COc1ccc2c(c1)OCC2=C(F)B1OC(C)(C)C(C)(C)O1. The Morgan fingerprint density at radius 3 is 2.41 bits per heavy atom. The zero-order valence-electron chi connectivity index (χ0n) is 13.5. The number of fused-ring (bicyclic) bond motifs is 1. The van der Waals surface area contributed by atoms with Crippen molar-refractivity contribution in [2.75, 3.05) is 13.7 Å². The molecule has 0 spiro atoms. The van der Waals surface area contributed by atoms with E-state index in [0.717, 1.165) is 0 Å². The van der Waals surface area contributed by atoms with Crippen molar-refractivity contribution >= 4 is 12.7 Å². The molecule has 2 heterocycles. The number of hydrogen-bond acceptors (Lipinski definition) is 4. The van der Waals surface area contributed by atoms with Gasteiger partial charge in [-0.1, -0.05) is 0 Å². The van der Waals surface area contributed by atoms with Crippen molar-refractivity contribution < 1.29 is 23.2 Å². The molecule has 0 aromatic heterocycles. The summed E-state index contributed by atoms with van der Waals surface area (Å²) in [6.45, 7) is 7.76. The van der Waals surface area contributed by atoms with Crippen molar-refractivity contribution in [3.8, 4) is 11.5 Å². The van der Waals surface area contributed by atoms with Gasteiger partial charge >= 0.3 is 7.12 Å². The lowest BCUT2D eigenvalue weighted by atomic mass is 9.83. The zero-order chi connectivity index (χ0) is 16.1. The highest BCUT2D eigenvalue weighted by Gasteiger charge is 2.54. The smallest absolute Gasteiger partial charge is 0.497 e. The first-order chi connectivity index (χ1) is 10.2. The lowest BCUT2D eigenvalue weighted by Gasteiger charge is -2.32. The number of benzene rings is 1. The van der Waals surface area contributed by atoms with Crippen LogP contribution < -0.4 is 9.47 Å². The summed E-state index contributed by atoms with van der Waals surface area (Å²) in [5.74, 6) is 1.29. The molecule has 2 aliphatic rings. The van der Waals surface area contributed by atoms with Crippen molar-refractivity contribution in [1.82, 2.24) is 0 Å². The average molecular weight is 306 g/mol. The van der Waals surface area contributed by atoms with Crippen LogP contribution in [0.4, 0.5) is 4.39 Å². The highest BCUT2D eigenvalue weighted by molar-refractivity contribution is 6.55. The molecule has 1 fully saturated rings. The summed E-state index contributed by atoms with van der Waals surface area (Å²) in [4.78, 5) is 0. The third-order valence-corrected chi connectivity index (χ3v) is 4.63.